The summed E-state index contributed by atoms with van der Waals surface area (Å²) in [5, 5.41) is 3.84. The number of hydrogen-bond donors (Lipinski definition) is 1. The molecule has 1 amide bonds. The third-order valence-electron chi connectivity index (χ3n) is 3.13. The molecule has 0 aliphatic rings. The number of carbonyl (C=O) groups is 1. The number of ether oxygens (including phenoxy) is 2. The van der Waals surface area contributed by atoms with E-state index in [1.54, 1.807) is 30.3 Å². The third kappa shape index (κ3) is 5.56. The molecule has 1 N–H and O–H groups in total. The summed E-state index contributed by atoms with van der Waals surface area (Å²) in [5.41, 5.74) is 3.50. The van der Waals surface area contributed by atoms with E-state index in [0.29, 0.717) is 33.7 Å². The molecule has 2 rings (SSSR count). The van der Waals surface area contributed by atoms with Crippen LogP contribution in [0.1, 0.15) is 25.0 Å². The second-order valence-corrected chi connectivity index (χ2v) is 5.91. The van der Waals surface area contributed by atoms with E-state index >= 15 is 0 Å². The number of nitrogens with one attached hydrogen (secondary N) is 1. The smallest absolute Gasteiger partial charge is 0.236 e. The van der Waals surface area contributed by atoms with Gasteiger partial charge in [0.15, 0.2) is 11.5 Å². The van der Waals surface area contributed by atoms with E-state index in [1.807, 2.05) is 6.92 Å². The van der Waals surface area contributed by atoms with Gasteiger partial charge in [0.2, 0.25) is 5.91 Å². The van der Waals surface area contributed by atoms with Gasteiger partial charge in [-0.15, -0.1) is 0 Å². The Morgan fingerprint density at radius 1 is 1.28 bits per heavy atom. The molecule has 0 aromatic heterocycles. The standard InChI is InChI=1S/C18H18BrFN2O3/c1-3-24-17-8-14(10-21-22-12(2)23)15(19)9-18(17)25-11-13-6-4-5-7-16(13)20/h4-10H,3,11H2,1-2H3,(H,22,23)/b21-10-. The number of benzene rings is 2. The van der Waals surface area contributed by atoms with Crippen molar-refractivity contribution in [3.63, 3.8) is 0 Å². The van der Waals surface area contributed by atoms with Gasteiger partial charge in [-0.2, -0.15) is 5.10 Å². The van der Waals surface area contributed by atoms with Crippen LogP contribution in [0, 0.1) is 5.82 Å². The lowest BCUT2D eigenvalue weighted by Crippen LogP contribution is -2.12. The number of carbonyl (C=O) groups excluding carboxylic acids is 1. The number of hydrazone groups is 1. The predicted octanol–water partition coefficient (Wildman–Crippen LogP) is 4.04. The molecule has 0 unspecified atom stereocenters. The van der Waals surface area contributed by atoms with Gasteiger partial charge in [0.05, 0.1) is 12.8 Å². The molecule has 5 nitrogen and oxygen atoms in total. The van der Waals surface area contributed by atoms with E-state index in [1.165, 1.54) is 19.2 Å². The molecular weight excluding hydrogens is 391 g/mol. The van der Waals surface area contributed by atoms with E-state index in [0.717, 1.165) is 0 Å². The van der Waals surface area contributed by atoms with E-state index in [2.05, 4.69) is 26.5 Å². The van der Waals surface area contributed by atoms with E-state index in [4.69, 9.17) is 9.47 Å². The quantitative estimate of drug-likeness (QED) is 0.555. The minimum atomic E-state index is -0.321. The second kappa shape index (κ2) is 9.17. The van der Waals surface area contributed by atoms with Crippen LogP contribution in [0.5, 0.6) is 11.5 Å². The van der Waals surface area contributed by atoms with Crippen molar-refractivity contribution in [1.82, 2.24) is 5.43 Å². The normalized spacial score (nSPS) is 10.7. The number of hydrogen-bond acceptors (Lipinski definition) is 4. The Balaban J connectivity index is 2.22. The summed E-state index contributed by atoms with van der Waals surface area (Å²) in [5.74, 6) is 0.404. The predicted molar refractivity (Wildman–Crippen MR) is 97.5 cm³/mol. The van der Waals surface area contributed by atoms with Gasteiger partial charge in [-0.3, -0.25) is 4.79 Å². The van der Waals surface area contributed by atoms with E-state index < -0.39 is 0 Å². The zero-order valence-electron chi connectivity index (χ0n) is 13.9. The first-order valence-electron chi connectivity index (χ1n) is 7.63. The summed E-state index contributed by atoms with van der Waals surface area (Å²) in [7, 11) is 0. The Morgan fingerprint density at radius 3 is 2.68 bits per heavy atom. The van der Waals surface area contributed by atoms with Crippen LogP contribution in [0.2, 0.25) is 0 Å². The fourth-order valence-electron chi connectivity index (χ4n) is 1.99. The van der Waals surface area contributed by atoms with Crippen LogP contribution in [0.4, 0.5) is 4.39 Å². The Hall–Kier alpha value is -2.41. The maximum absolute atomic E-state index is 13.7. The van der Waals surface area contributed by atoms with Gasteiger partial charge in [-0.05, 0) is 41.1 Å². The van der Waals surface area contributed by atoms with Crippen LogP contribution in [-0.4, -0.2) is 18.7 Å². The molecule has 2 aromatic carbocycles. The summed E-state index contributed by atoms with van der Waals surface area (Å²) in [6.45, 7) is 3.75. The highest BCUT2D eigenvalue weighted by molar-refractivity contribution is 9.10. The zero-order valence-corrected chi connectivity index (χ0v) is 15.5. The van der Waals surface area contributed by atoms with Crippen molar-refractivity contribution in [2.24, 2.45) is 5.10 Å². The monoisotopic (exact) mass is 408 g/mol. The maximum Gasteiger partial charge on any atom is 0.236 e. The maximum atomic E-state index is 13.7. The fourth-order valence-corrected chi connectivity index (χ4v) is 2.42. The summed E-state index contributed by atoms with van der Waals surface area (Å²) < 4.78 is 25.7. The number of amides is 1. The summed E-state index contributed by atoms with van der Waals surface area (Å²) in [4.78, 5) is 10.9. The fraction of sp³-hybridized carbons (Fsp3) is 0.222. The third-order valence-corrected chi connectivity index (χ3v) is 3.82. The van der Waals surface area contributed by atoms with Crippen molar-refractivity contribution >= 4 is 28.1 Å². The van der Waals surface area contributed by atoms with Gasteiger partial charge in [-0.1, -0.05) is 18.2 Å². The van der Waals surface area contributed by atoms with Gasteiger partial charge >= 0.3 is 0 Å². The number of nitrogens with zero attached hydrogens (tertiary/aromatic N) is 1. The average Bonchev–Trinajstić information content (AvgIpc) is 2.57. The van der Waals surface area contributed by atoms with Gasteiger partial charge in [0, 0.05) is 22.5 Å². The SMILES string of the molecule is CCOc1cc(/C=N\NC(C)=O)c(Br)cc1OCc1ccccc1F. The van der Waals surface area contributed by atoms with E-state index in [9.17, 15) is 9.18 Å². The van der Waals surface area contributed by atoms with Crippen LogP contribution in [0.25, 0.3) is 0 Å². The molecule has 0 heterocycles. The van der Waals surface area contributed by atoms with Gasteiger partial charge in [-0.25, -0.2) is 9.82 Å². The average molecular weight is 409 g/mol. The summed E-state index contributed by atoms with van der Waals surface area (Å²) in [6, 6.07) is 9.89. The largest absolute Gasteiger partial charge is 0.490 e. The Bertz CT molecular complexity index is 781. The molecule has 0 fully saturated rings. The molecule has 0 radical (unpaired) electrons. The topological polar surface area (TPSA) is 59.9 Å². The summed E-state index contributed by atoms with van der Waals surface area (Å²) in [6.07, 6.45) is 1.49. The highest BCUT2D eigenvalue weighted by Crippen LogP contribution is 2.34. The second-order valence-electron chi connectivity index (χ2n) is 5.06. The van der Waals surface area contributed by atoms with Crippen LogP contribution >= 0.6 is 15.9 Å². The number of rotatable bonds is 7. The molecule has 0 spiro atoms. The van der Waals surface area contributed by atoms with E-state index in [-0.39, 0.29) is 18.3 Å². The number of halogens is 2. The highest BCUT2D eigenvalue weighted by Gasteiger charge is 2.11. The first kappa shape index (κ1) is 18.9. The Kier molecular flexibility index (Phi) is 6.94. The van der Waals surface area contributed by atoms with Crippen molar-refractivity contribution < 1.29 is 18.7 Å². The van der Waals surface area contributed by atoms with Crippen molar-refractivity contribution in [1.29, 1.82) is 0 Å². The lowest BCUT2D eigenvalue weighted by molar-refractivity contribution is -0.118. The van der Waals surface area contributed by atoms with Crippen LogP contribution in [0.3, 0.4) is 0 Å². The molecule has 0 saturated heterocycles. The minimum absolute atomic E-state index is 0.0819. The van der Waals surface area contributed by atoms with Crippen LogP contribution in [-0.2, 0) is 11.4 Å². The van der Waals surface area contributed by atoms with Crippen molar-refractivity contribution in [2.45, 2.75) is 20.5 Å². The van der Waals surface area contributed by atoms with Crippen molar-refractivity contribution in [3.8, 4) is 11.5 Å². The molecule has 132 valence electrons. The molecule has 0 aliphatic carbocycles. The molecule has 0 saturated carbocycles. The lowest BCUT2D eigenvalue weighted by atomic mass is 10.2. The zero-order chi connectivity index (χ0) is 18.2. The molecule has 0 bridgehead atoms. The molecule has 2 aromatic rings. The van der Waals surface area contributed by atoms with Crippen LogP contribution in [0.15, 0.2) is 46.0 Å². The molecular formula is C18H18BrFN2O3. The highest BCUT2D eigenvalue weighted by atomic mass is 79.9. The summed E-state index contributed by atoms with van der Waals surface area (Å²) >= 11 is 3.43. The molecule has 0 atom stereocenters. The first-order valence-corrected chi connectivity index (χ1v) is 8.42. The van der Waals surface area contributed by atoms with Gasteiger partial charge in [0.25, 0.3) is 0 Å². The molecule has 7 heteroatoms. The minimum Gasteiger partial charge on any atom is -0.490 e. The van der Waals surface area contributed by atoms with Gasteiger partial charge in [0.1, 0.15) is 12.4 Å². The van der Waals surface area contributed by atoms with Gasteiger partial charge < -0.3 is 9.47 Å². The van der Waals surface area contributed by atoms with Crippen LogP contribution < -0.4 is 14.9 Å². The van der Waals surface area contributed by atoms with Crippen molar-refractivity contribution in [3.05, 3.63) is 57.8 Å². The first-order chi connectivity index (χ1) is 12.0. The lowest BCUT2D eigenvalue weighted by Gasteiger charge is -2.14. The molecule has 0 aliphatic heterocycles. The Labute approximate surface area is 154 Å². The van der Waals surface area contributed by atoms with Crippen molar-refractivity contribution in [2.75, 3.05) is 6.61 Å². The molecule has 25 heavy (non-hydrogen) atoms. The Morgan fingerprint density at radius 2 is 2.00 bits per heavy atom.